The van der Waals surface area contributed by atoms with Crippen LogP contribution in [0.5, 0.6) is 0 Å². The lowest BCUT2D eigenvalue weighted by Gasteiger charge is -2.34. The summed E-state index contributed by atoms with van der Waals surface area (Å²) in [6.45, 7) is 3.94. The van der Waals surface area contributed by atoms with Crippen molar-refractivity contribution < 1.29 is 23.9 Å². The molecule has 0 saturated carbocycles. The van der Waals surface area contributed by atoms with E-state index in [4.69, 9.17) is 4.74 Å². The molecule has 1 saturated heterocycles. The van der Waals surface area contributed by atoms with Crippen molar-refractivity contribution in [2.45, 2.75) is 19.8 Å². The highest BCUT2D eigenvalue weighted by Gasteiger charge is 2.26. The number of thiazole rings is 1. The third-order valence-corrected chi connectivity index (χ3v) is 5.48. The molecule has 4 amide bonds. The van der Waals surface area contributed by atoms with E-state index in [1.165, 1.54) is 23.6 Å². The van der Waals surface area contributed by atoms with Gasteiger partial charge in [-0.2, -0.15) is 0 Å². The van der Waals surface area contributed by atoms with Gasteiger partial charge in [0.25, 0.3) is 5.91 Å². The van der Waals surface area contributed by atoms with Gasteiger partial charge in [0.15, 0.2) is 5.13 Å². The summed E-state index contributed by atoms with van der Waals surface area (Å²) in [7, 11) is 0. The Hall–Kier alpha value is -3.08. The maximum atomic E-state index is 12.4. The first-order valence-electron chi connectivity index (χ1n) is 9.67. The number of rotatable bonds is 6. The third kappa shape index (κ3) is 5.50. The van der Waals surface area contributed by atoms with Gasteiger partial charge in [-0.25, -0.2) is 14.8 Å². The molecular weight excluding hydrogens is 410 g/mol. The van der Waals surface area contributed by atoms with E-state index in [9.17, 15) is 19.2 Å². The molecule has 1 unspecified atom stereocenters. The SMILES string of the molecule is CCOC(=O)N1CCN(C(=O)CCc2csc(NC(=O)C3C=CC=NC3=O)n2)CC1. The fourth-order valence-corrected chi connectivity index (χ4v) is 3.80. The second-order valence-electron chi connectivity index (χ2n) is 6.68. The Morgan fingerprint density at radius 1 is 1.23 bits per heavy atom. The molecule has 0 bridgehead atoms. The van der Waals surface area contributed by atoms with Gasteiger partial charge in [-0.05, 0) is 19.4 Å². The van der Waals surface area contributed by atoms with Crippen molar-refractivity contribution in [3.8, 4) is 0 Å². The molecule has 0 aliphatic carbocycles. The molecule has 3 heterocycles. The molecule has 0 aromatic carbocycles. The Labute approximate surface area is 177 Å². The highest BCUT2D eigenvalue weighted by atomic mass is 32.1. The number of anilines is 1. The van der Waals surface area contributed by atoms with E-state index < -0.39 is 17.7 Å². The molecule has 2 aliphatic heterocycles. The minimum Gasteiger partial charge on any atom is -0.450 e. The van der Waals surface area contributed by atoms with Crippen LogP contribution in [0.1, 0.15) is 19.0 Å². The average Bonchev–Trinajstić information content (AvgIpc) is 3.19. The van der Waals surface area contributed by atoms with E-state index in [0.29, 0.717) is 50.0 Å². The third-order valence-electron chi connectivity index (χ3n) is 4.68. The van der Waals surface area contributed by atoms with E-state index in [0.717, 1.165) is 0 Å². The van der Waals surface area contributed by atoms with Crippen molar-refractivity contribution in [1.29, 1.82) is 0 Å². The predicted octanol–water partition coefficient (Wildman–Crippen LogP) is 1.10. The van der Waals surface area contributed by atoms with Crippen molar-refractivity contribution in [2.24, 2.45) is 10.9 Å². The number of piperazine rings is 1. The second-order valence-corrected chi connectivity index (χ2v) is 7.54. The van der Waals surface area contributed by atoms with Crippen LogP contribution in [-0.2, 0) is 25.5 Å². The van der Waals surface area contributed by atoms with E-state index in [2.05, 4.69) is 15.3 Å². The summed E-state index contributed by atoms with van der Waals surface area (Å²) in [5, 5.41) is 4.77. The lowest BCUT2D eigenvalue weighted by molar-refractivity contribution is -0.133. The van der Waals surface area contributed by atoms with E-state index >= 15 is 0 Å². The molecule has 10 nitrogen and oxygen atoms in total. The topological polar surface area (TPSA) is 121 Å². The molecule has 1 fully saturated rings. The van der Waals surface area contributed by atoms with Gasteiger partial charge < -0.3 is 19.9 Å². The molecule has 1 N–H and O–H groups in total. The standard InChI is InChI=1S/C19H23N5O5S/c1-2-29-19(28)24-10-8-23(9-11-24)15(25)6-5-13-12-30-18(21-13)22-17(27)14-4-3-7-20-16(14)26/h3-4,7,12,14H,2,5-6,8-11H2,1H3,(H,21,22,27). The molecule has 2 aliphatic rings. The lowest BCUT2D eigenvalue weighted by Crippen LogP contribution is -2.50. The lowest BCUT2D eigenvalue weighted by atomic mass is 10.1. The molecule has 0 spiro atoms. The van der Waals surface area contributed by atoms with Crippen molar-refractivity contribution in [2.75, 3.05) is 38.1 Å². The number of amides is 4. The summed E-state index contributed by atoms with van der Waals surface area (Å²) in [6.07, 6.45) is 4.77. The van der Waals surface area contributed by atoms with E-state index in [1.807, 2.05) is 0 Å². The average molecular weight is 433 g/mol. The van der Waals surface area contributed by atoms with Crippen LogP contribution in [0.2, 0.25) is 0 Å². The number of allylic oxidation sites excluding steroid dienone is 1. The first-order valence-corrected chi connectivity index (χ1v) is 10.6. The number of hydrogen-bond acceptors (Lipinski definition) is 7. The molecule has 1 aromatic rings. The maximum Gasteiger partial charge on any atom is 0.409 e. The fourth-order valence-electron chi connectivity index (χ4n) is 3.05. The van der Waals surface area contributed by atoms with E-state index in [-0.39, 0.29) is 18.4 Å². The predicted molar refractivity (Wildman–Crippen MR) is 110 cm³/mol. The van der Waals surface area contributed by atoms with Gasteiger partial charge in [-0.3, -0.25) is 14.4 Å². The van der Waals surface area contributed by atoms with Gasteiger partial charge in [-0.1, -0.05) is 6.08 Å². The first-order chi connectivity index (χ1) is 14.5. The van der Waals surface area contributed by atoms with Crippen LogP contribution >= 0.6 is 11.3 Å². The molecule has 3 rings (SSSR count). The number of hydrogen-bond donors (Lipinski definition) is 1. The Morgan fingerprint density at radius 2 is 1.97 bits per heavy atom. The van der Waals surface area contributed by atoms with Gasteiger partial charge >= 0.3 is 6.09 Å². The number of aryl methyl sites for hydroxylation is 1. The number of aromatic nitrogens is 1. The largest absolute Gasteiger partial charge is 0.450 e. The van der Waals surface area contributed by atoms with Gasteiger partial charge in [0.2, 0.25) is 11.8 Å². The zero-order chi connectivity index (χ0) is 21.5. The van der Waals surface area contributed by atoms with Gasteiger partial charge in [0, 0.05) is 44.2 Å². The van der Waals surface area contributed by atoms with Crippen molar-refractivity contribution in [3.63, 3.8) is 0 Å². The number of carbonyl (C=O) groups is 4. The van der Waals surface area contributed by atoms with E-state index in [1.54, 1.807) is 28.2 Å². The molecule has 0 radical (unpaired) electrons. The normalized spacial score (nSPS) is 18.4. The van der Waals surface area contributed by atoms with Crippen LogP contribution in [0.3, 0.4) is 0 Å². The Morgan fingerprint density at radius 3 is 2.67 bits per heavy atom. The number of ether oxygens (including phenoxy) is 1. The maximum absolute atomic E-state index is 12.4. The first kappa shape index (κ1) is 21.6. The number of aliphatic imine (C=N–C) groups is 1. The minimum absolute atomic E-state index is 0.00658. The van der Waals surface area contributed by atoms with Crippen molar-refractivity contribution in [1.82, 2.24) is 14.8 Å². The Bertz CT molecular complexity index is 872. The molecular formula is C19H23N5O5S. The van der Waals surface area contributed by atoms with Crippen LogP contribution in [0.25, 0.3) is 0 Å². The smallest absolute Gasteiger partial charge is 0.409 e. The van der Waals surface area contributed by atoms with Gasteiger partial charge in [-0.15, -0.1) is 11.3 Å². The number of carbonyl (C=O) groups excluding carboxylic acids is 4. The van der Waals surface area contributed by atoms with Gasteiger partial charge in [0.05, 0.1) is 12.3 Å². The molecule has 1 atom stereocenters. The van der Waals surface area contributed by atoms with Crippen molar-refractivity contribution in [3.05, 3.63) is 23.2 Å². The number of nitrogens with one attached hydrogen (secondary N) is 1. The highest BCUT2D eigenvalue weighted by molar-refractivity contribution is 7.13. The summed E-state index contributed by atoms with van der Waals surface area (Å²) >= 11 is 1.24. The van der Waals surface area contributed by atoms with Crippen LogP contribution < -0.4 is 5.32 Å². The Balaban J connectivity index is 1.43. The zero-order valence-electron chi connectivity index (χ0n) is 16.6. The monoisotopic (exact) mass is 433 g/mol. The molecule has 1 aromatic heterocycles. The van der Waals surface area contributed by atoms with Crippen LogP contribution in [-0.4, -0.2) is 77.6 Å². The van der Waals surface area contributed by atoms with Crippen LogP contribution in [0, 0.1) is 5.92 Å². The van der Waals surface area contributed by atoms with Gasteiger partial charge in [0.1, 0.15) is 5.92 Å². The number of dihydropyridines is 1. The molecule has 160 valence electrons. The Kier molecular flexibility index (Phi) is 7.28. The fraction of sp³-hybridized carbons (Fsp3) is 0.474. The van der Waals surface area contributed by atoms with Crippen molar-refractivity contribution >= 4 is 46.5 Å². The zero-order valence-corrected chi connectivity index (χ0v) is 17.4. The summed E-state index contributed by atoms with van der Waals surface area (Å²) in [5.74, 6) is -1.95. The second kappa shape index (κ2) is 10.1. The molecule has 30 heavy (non-hydrogen) atoms. The minimum atomic E-state index is -0.947. The molecule has 11 heteroatoms. The highest BCUT2D eigenvalue weighted by Crippen LogP contribution is 2.19. The quantitative estimate of drug-likeness (QED) is 0.671. The summed E-state index contributed by atoms with van der Waals surface area (Å²) in [4.78, 5) is 59.2. The summed E-state index contributed by atoms with van der Waals surface area (Å²) in [6, 6.07) is 0. The van der Waals surface area contributed by atoms with Crippen LogP contribution in [0.4, 0.5) is 9.93 Å². The summed E-state index contributed by atoms with van der Waals surface area (Å²) < 4.78 is 4.97. The van der Waals surface area contributed by atoms with Crippen LogP contribution in [0.15, 0.2) is 22.5 Å². The summed E-state index contributed by atoms with van der Waals surface area (Å²) in [5.41, 5.74) is 0.692. The number of nitrogens with zero attached hydrogens (tertiary/aromatic N) is 4.